The lowest BCUT2D eigenvalue weighted by molar-refractivity contribution is -0.141. The predicted octanol–water partition coefficient (Wildman–Crippen LogP) is 4.27. The van der Waals surface area contributed by atoms with Crippen molar-refractivity contribution in [3.63, 3.8) is 0 Å². The number of carbonyl (C=O) groups excluding carboxylic acids is 4. The molecule has 0 saturated heterocycles. The van der Waals surface area contributed by atoms with E-state index in [4.69, 9.17) is 16.3 Å². The molecule has 0 saturated carbocycles. The van der Waals surface area contributed by atoms with Crippen molar-refractivity contribution in [2.75, 3.05) is 12.4 Å². The Kier molecular flexibility index (Phi) is 12.3. The van der Waals surface area contributed by atoms with Crippen LogP contribution in [0.25, 0.3) is 21.7 Å². The molecule has 0 aliphatic heterocycles. The van der Waals surface area contributed by atoms with Crippen LogP contribution in [0.5, 0.6) is 5.75 Å². The van der Waals surface area contributed by atoms with Gasteiger partial charge in [-0.25, -0.2) is 0 Å². The predicted molar refractivity (Wildman–Crippen MR) is 197 cm³/mol. The van der Waals surface area contributed by atoms with Gasteiger partial charge >= 0.3 is 11.9 Å². The van der Waals surface area contributed by atoms with Crippen LogP contribution >= 0.6 is 11.6 Å². The van der Waals surface area contributed by atoms with Gasteiger partial charge in [0, 0.05) is 40.5 Å². The van der Waals surface area contributed by atoms with Crippen molar-refractivity contribution >= 4 is 74.5 Å². The third-order valence-corrected chi connectivity index (χ3v) is 8.57. The van der Waals surface area contributed by atoms with Crippen molar-refractivity contribution in [3.8, 4) is 5.75 Å². The fourth-order valence-corrected chi connectivity index (χ4v) is 5.85. The van der Waals surface area contributed by atoms with Crippen molar-refractivity contribution in [2.24, 2.45) is 0 Å². The van der Waals surface area contributed by atoms with Crippen LogP contribution in [-0.2, 0) is 30.4 Å². The van der Waals surface area contributed by atoms with E-state index in [0.717, 1.165) is 10.8 Å². The van der Waals surface area contributed by atoms with Crippen molar-refractivity contribution < 1.29 is 43.7 Å². The maximum absolute atomic E-state index is 13.9. The van der Waals surface area contributed by atoms with E-state index in [1.807, 2.05) is 36.4 Å². The Hall–Kier alpha value is -6.41. The maximum atomic E-state index is 13.9. The van der Waals surface area contributed by atoms with Gasteiger partial charge in [0.15, 0.2) is 0 Å². The van der Waals surface area contributed by atoms with Crippen molar-refractivity contribution in [1.82, 2.24) is 20.9 Å². The number of aliphatic carboxylic acids is 2. The molecule has 1 aromatic heterocycles. The second kappa shape index (κ2) is 17.2. The lowest BCUT2D eigenvalue weighted by Gasteiger charge is -2.25. The number of rotatable bonds is 16. The molecule has 0 radical (unpaired) electrons. The topological polar surface area (TPSA) is 216 Å². The Bertz CT molecular complexity index is 2190. The van der Waals surface area contributed by atoms with E-state index in [9.17, 15) is 39.0 Å². The molecule has 3 unspecified atom stereocenters. The second-order valence-electron chi connectivity index (χ2n) is 12.2. The summed E-state index contributed by atoms with van der Waals surface area (Å²) in [7, 11) is 1.43. The van der Waals surface area contributed by atoms with Gasteiger partial charge in [0.1, 0.15) is 29.6 Å². The average Bonchev–Trinajstić information content (AvgIpc) is 3.56. The number of amides is 4. The Balaban J connectivity index is 1.38. The first-order valence-electron chi connectivity index (χ1n) is 16.4. The molecular formula is C38H36ClN5O9. The zero-order chi connectivity index (χ0) is 38.1. The van der Waals surface area contributed by atoms with Gasteiger partial charge in [0.2, 0.25) is 17.7 Å². The molecule has 3 atom stereocenters. The van der Waals surface area contributed by atoms with Crippen LogP contribution in [0.1, 0.15) is 35.3 Å². The third-order valence-electron chi connectivity index (χ3n) is 8.33. The summed E-state index contributed by atoms with van der Waals surface area (Å²) in [4.78, 5) is 80.6. The van der Waals surface area contributed by atoms with Crippen molar-refractivity contribution in [3.05, 3.63) is 107 Å². The summed E-state index contributed by atoms with van der Waals surface area (Å²) in [6.45, 7) is 0. The lowest BCUT2D eigenvalue weighted by atomic mass is 10.0. The number of aromatic nitrogens is 1. The molecule has 274 valence electrons. The number of carboxylic acid groups (broad SMARTS) is 2. The molecule has 7 N–H and O–H groups in total. The molecule has 0 bridgehead atoms. The second-order valence-corrected chi connectivity index (χ2v) is 12.6. The number of benzene rings is 4. The average molecular weight is 742 g/mol. The van der Waals surface area contributed by atoms with Gasteiger partial charge in [-0.05, 0) is 59.2 Å². The van der Waals surface area contributed by atoms with Crippen molar-refractivity contribution in [2.45, 2.75) is 43.8 Å². The molecule has 1 heterocycles. The first-order chi connectivity index (χ1) is 25.4. The summed E-state index contributed by atoms with van der Waals surface area (Å²) >= 11 is 6.11. The summed E-state index contributed by atoms with van der Waals surface area (Å²) in [5.74, 6) is -5.62. The summed E-state index contributed by atoms with van der Waals surface area (Å²) in [5, 5.41) is 32.0. The summed E-state index contributed by atoms with van der Waals surface area (Å²) < 4.78 is 5.16. The first kappa shape index (κ1) is 37.8. The molecule has 4 amide bonds. The number of aromatic amines is 1. The van der Waals surface area contributed by atoms with Crippen LogP contribution < -0.4 is 26.0 Å². The van der Waals surface area contributed by atoms with E-state index >= 15 is 0 Å². The third kappa shape index (κ3) is 10.3. The smallest absolute Gasteiger partial charge is 0.305 e. The molecular weight excluding hydrogens is 706 g/mol. The minimum Gasteiger partial charge on any atom is -0.497 e. The van der Waals surface area contributed by atoms with Crippen LogP contribution in [0.2, 0.25) is 5.02 Å². The molecule has 53 heavy (non-hydrogen) atoms. The van der Waals surface area contributed by atoms with E-state index in [1.165, 1.54) is 13.2 Å². The molecule has 0 fully saturated rings. The number of carbonyl (C=O) groups is 6. The SMILES string of the molecule is COc1cccc(NC(=O)C(CCC(=O)O)NC(=O)C(CC(=O)O)NC(=O)C(Cc2ccc3ccccc3c2)NC(=O)c2cc3cc(Cl)ccc3[nH]2)c1. The van der Waals surface area contributed by atoms with Gasteiger partial charge in [0.25, 0.3) is 5.91 Å². The molecule has 5 aromatic rings. The number of halogens is 1. The van der Waals surface area contributed by atoms with Gasteiger partial charge in [0.05, 0.1) is 13.5 Å². The molecule has 0 aliphatic rings. The Morgan fingerprint density at radius 3 is 2.19 bits per heavy atom. The maximum Gasteiger partial charge on any atom is 0.305 e. The highest BCUT2D eigenvalue weighted by molar-refractivity contribution is 6.31. The number of carboxylic acids is 2. The van der Waals surface area contributed by atoms with Crippen LogP contribution in [0, 0.1) is 0 Å². The standard InChI is InChI=1S/C38H36ClN5O9/c1-53-27-8-4-7-26(19-27)40-35(49)29(13-14-33(45)46)42-38(52)32(20-34(47)48)44-36(50)30(16-21-9-10-22-5-2-3-6-23(22)15-21)43-37(51)31-18-24-17-25(39)11-12-28(24)41-31/h2-12,15,17-19,29-30,32,41H,13-14,16,20H2,1H3,(H,40,49)(H,42,52)(H,43,51)(H,44,50)(H,45,46)(H,47,48). The minimum atomic E-state index is -1.72. The molecule has 15 heteroatoms. The van der Waals surface area contributed by atoms with E-state index in [0.29, 0.717) is 32.9 Å². The molecule has 14 nitrogen and oxygen atoms in total. The van der Waals surface area contributed by atoms with Crippen LogP contribution in [-0.4, -0.2) is 76.0 Å². The number of nitrogens with one attached hydrogen (secondary N) is 5. The first-order valence-corrected chi connectivity index (χ1v) is 16.8. The highest BCUT2D eigenvalue weighted by Gasteiger charge is 2.32. The number of anilines is 1. The quantitative estimate of drug-likeness (QED) is 0.0768. The van der Waals surface area contributed by atoms with E-state index in [2.05, 4.69) is 26.3 Å². The number of H-pyrrole nitrogens is 1. The summed E-state index contributed by atoms with van der Waals surface area (Å²) in [5.41, 5.74) is 1.71. The Labute approximate surface area is 307 Å². The Morgan fingerprint density at radius 2 is 1.45 bits per heavy atom. The zero-order valence-corrected chi connectivity index (χ0v) is 29.1. The number of hydrogen-bond acceptors (Lipinski definition) is 7. The fourth-order valence-electron chi connectivity index (χ4n) is 5.67. The van der Waals surface area contributed by atoms with Crippen molar-refractivity contribution in [1.29, 1.82) is 0 Å². The lowest BCUT2D eigenvalue weighted by Crippen LogP contribution is -2.57. The normalized spacial score (nSPS) is 12.6. The highest BCUT2D eigenvalue weighted by Crippen LogP contribution is 2.21. The summed E-state index contributed by atoms with van der Waals surface area (Å²) in [6, 6.07) is 21.5. The zero-order valence-electron chi connectivity index (χ0n) is 28.4. The highest BCUT2D eigenvalue weighted by atomic mass is 35.5. The monoisotopic (exact) mass is 741 g/mol. The largest absolute Gasteiger partial charge is 0.497 e. The van der Waals surface area contributed by atoms with Gasteiger partial charge in [-0.3, -0.25) is 28.8 Å². The number of hydrogen-bond donors (Lipinski definition) is 7. The molecule has 0 aliphatic carbocycles. The fraction of sp³-hybridized carbons (Fsp3) is 0.211. The number of methoxy groups -OCH3 is 1. The number of fused-ring (bicyclic) bond motifs is 2. The minimum absolute atomic E-state index is 0.0416. The Morgan fingerprint density at radius 1 is 0.717 bits per heavy atom. The molecule has 5 rings (SSSR count). The van der Waals surface area contributed by atoms with Crippen LogP contribution in [0.4, 0.5) is 5.69 Å². The van der Waals surface area contributed by atoms with Gasteiger partial charge in [-0.1, -0.05) is 60.1 Å². The number of ether oxygens (including phenoxy) is 1. The van der Waals surface area contributed by atoms with E-state index in [1.54, 1.807) is 48.5 Å². The van der Waals surface area contributed by atoms with Gasteiger partial charge in [-0.2, -0.15) is 0 Å². The van der Waals surface area contributed by atoms with E-state index < -0.39 is 66.5 Å². The van der Waals surface area contributed by atoms with Crippen LogP contribution in [0.15, 0.2) is 91.0 Å². The van der Waals surface area contributed by atoms with Gasteiger partial charge in [-0.15, -0.1) is 0 Å². The van der Waals surface area contributed by atoms with Gasteiger partial charge < -0.3 is 41.2 Å². The summed E-state index contributed by atoms with van der Waals surface area (Å²) in [6.07, 6.45) is -1.78. The van der Waals surface area contributed by atoms with Crippen LogP contribution in [0.3, 0.4) is 0 Å². The molecule has 4 aromatic carbocycles. The van der Waals surface area contributed by atoms with E-state index in [-0.39, 0.29) is 18.5 Å². The molecule has 0 spiro atoms.